The fourth-order valence-electron chi connectivity index (χ4n) is 2.84. The summed E-state index contributed by atoms with van der Waals surface area (Å²) in [6, 6.07) is 17.7. The highest BCUT2D eigenvalue weighted by Gasteiger charge is 2.44. The first-order valence-electron chi connectivity index (χ1n) is 7.78. The minimum atomic E-state index is 0.0512. The van der Waals surface area contributed by atoms with E-state index in [9.17, 15) is 4.79 Å². The van der Waals surface area contributed by atoms with Crippen LogP contribution in [0.5, 0.6) is 0 Å². The topological polar surface area (TPSA) is 42.0 Å². The van der Waals surface area contributed by atoms with Crippen LogP contribution in [0.2, 0.25) is 5.02 Å². The minimum absolute atomic E-state index is 0.0512. The zero-order valence-corrected chi connectivity index (χ0v) is 14.3. The average Bonchev–Trinajstić information content (AvgIpc) is 3.29. The highest BCUT2D eigenvalue weighted by molar-refractivity contribution is 7.14. The highest BCUT2D eigenvalue weighted by Crippen LogP contribution is 2.48. The van der Waals surface area contributed by atoms with Gasteiger partial charge in [-0.2, -0.15) is 0 Å². The van der Waals surface area contributed by atoms with Gasteiger partial charge in [-0.05, 0) is 30.0 Å². The number of rotatable bonds is 4. The molecule has 4 rings (SSSR count). The normalized spacial score (nSPS) is 19.0. The molecule has 5 heteroatoms. The quantitative estimate of drug-likeness (QED) is 0.699. The number of benzene rings is 2. The Morgan fingerprint density at radius 3 is 2.62 bits per heavy atom. The lowest BCUT2D eigenvalue weighted by Gasteiger charge is -2.01. The van der Waals surface area contributed by atoms with Gasteiger partial charge in [-0.3, -0.25) is 4.79 Å². The van der Waals surface area contributed by atoms with Crippen LogP contribution in [-0.4, -0.2) is 10.9 Å². The van der Waals surface area contributed by atoms with Gasteiger partial charge in [0.2, 0.25) is 5.91 Å². The third kappa shape index (κ3) is 3.21. The molecule has 1 amide bonds. The van der Waals surface area contributed by atoms with Crippen LogP contribution in [0.3, 0.4) is 0 Å². The van der Waals surface area contributed by atoms with Crippen LogP contribution < -0.4 is 5.32 Å². The van der Waals surface area contributed by atoms with Crippen LogP contribution in [0, 0.1) is 5.92 Å². The number of anilines is 1. The molecular weight excluding hydrogens is 340 g/mol. The van der Waals surface area contributed by atoms with Crippen LogP contribution in [0.25, 0.3) is 11.3 Å². The number of hydrogen-bond donors (Lipinski definition) is 1. The van der Waals surface area contributed by atoms with Crippen molar-refractivity contribution >= 4 is 34.0 Å². The molecule has 1 aliphatic rings. The smallest absolute Gasteiger partial charge is 0.229 e. The molecule has 1 heterocycles. The Morgan fingerprint density at radius 2 is 1.88 bits per heavy atom. The lowest BCUT2D eigenvalue weighted by molar-refractivity contribution is -0.117. The van der Waals surface area contributed by atoms with Crippen LogP contribution in [-0.2, 0) is 4.79 Å². The monoisotopic (exact) mass is 354 g/mol. The van der Waals surface area contributed by atoms with Gasteiger partial charge < -0.3 is 5.32 Å². The molecule has 0 aliphatic heterocycles. The van der Waals surface area contributed by atoms with Gasteiger partial charge in [0.25, 0.3) is 0 Å². The molecule has 1 aliphatic carbocycles. The molecule has 2 unspecified atom stereocenters. The van der Waals surface area contributed by atoms with Crippen molar-refractivity contribution in [1.29, 1.82) is 0 Å². The molecule has 3 nitrogen and oxygen atoms in total. The molecule has 0 bridgehead atoms. The number of hydrogen-bond acceptors (Lipinski definition) is 3. The van der Waals surface area contributed by atoms with Gasteiger partial charge >= 0.3 is 0 Å². The summed E-state index contributed by atoms with van der Waals surface area (Å²) in [5.41, 5.74) is 3.07. The van der Waals surface area contributed by atoms with E-state index in [4.69, 9.17) is 11.6 Å². The molecule has 0 radical (unpaired) electrons. The van der Waals surface area contributed by atoms with Crippen molar-refractivity contribution in [1.82, 2.24) is 4.98 Å². The average molecular weight is 355 g/mol. The van der Waals surface area contributed by atoms with E-state index < -0.39 is 0 Å². The number of nitrogens with zero attached hydrogens (tertiary/aromatic N) is 1. The standard InChI is InChI=1S/C19H15ClN2OS/c20-14-8-6-13(7-9-14)17-11-24-19(21-17)22-18(23)16-10-15(16)12-4-2-1-3-5-12/h1-9,11,15-16H,10H2,(H,21,22,23). The van der Waals surface area contributed by atoms with E-state index in [2.05, 4.69) is 22.4 Å². The summed E-state index contributed by atoms with van der Waals surface area (Å²) in [6.07, 6.45) is 0.908. The van der Waals surface area contributed by atoms with E-state index in [0.717, 1.165) is 17.7 Å². The molecule has 1 saturated carbocycles. The maximum atomic E-state index is 12.4. The number of amides is 1. The van der Waals surface area contributed by atoms with Crippen molar-refractivity contribution in [2.24, 2.45) is 5.92 Å². The summed E-state index contributed by atoms with van der Waals surface area (Å²) < 4.78 is 0. The van der Waals surface area contributed by atoms with Crippen molar-refractivity contribution in [3.05, 3.63) is 70.6 Å². The zero-order chi connectivity index (χ0) is 16.5. The maximum Gasteiger partial charge on any atom is 0.229 e. The molecular formula is C19H15ClN2OS. The Hall–Kier alpha value is -2.17. The van der Waals surface area contributed by atoms with E-state index >= 15 is 0 Å². The summed E-state index contributed by atoms with van der Waals surface area (Å²) in [6.45, 7) is 0. The third-order valence-corrected chi connectivity index (χ3v) is 5.24. The van der Waals surface area contributed by atoms with E-state index in [0.29, 0.717) is 16.1 Å². The third-order valence-electron chi connectivity index (χ3n) is 4.23. The van der Waals surface area contributed by atoms with Gasteiger partial charge in [-0.15, -0.1) is 11.3 Å². The molecule has 3 aromatic rings. The Balaban J connectivity index is 1.41. The molecule has 0 spiro atoms. The molecule has 2 atom stereocenters. The van der Waals surface area contributed by atoms with Crippen LogP contribution in [0.1, 0.15) is 17.9 Å². The largest absolute Gasteiger partial charge is 0.302 e. The van der Waals surface area contributed by atoms with Gasteiger partial charge in [0.05, 0.1) is 5.69 Å². The molecule has 1 aromatic heterocycles. The first-order valence-corrected chi connectivity index (χ1v) is 9.04. The van der Waals surface area contributed by atoms with Crippen molar-refractivity contribution in [2.45, 2.75) is 12.3 Å². The number of nitrogens with one attached hydrogen (secondary N) is 1. The number of halogens is 1. The van der Waals surface area contributed by atoms with E-state index in [1.165, 1.54) is 16.9 Å². The van der Waals surface area contributed by atoms with Gasteiger partial charge in [-0.1, -0.05) is 54.1 Å². The number of carbonyl (C=O) groups excluding carboxylic acids is 1. The van der Waals surface area contributed by atoms with E-state index in [1.807, 2.05) is 47.8 Å². The molecule has 1 N–H and O–H groups in total. The molecule has 120 valence electrons. The molecule has 0 saturated heterocycles. The van der Waals surface area contributed by atoms with Crippen LogP contribution in [0.4, 0.5) is 5.13 Å². The molecule has 1 fully saturated rings. The second-order valence-electron chi connectivity index (χ2n) is 5.89. The SMILES string of the molecule is O=C(Nc1nc(-c2ccc(Cl)cc2)cs1)C1CC1c1ccccc1. The predicted octanol–water partition coefficient (Wildman–Crippen LogP) is 5.21. The van der Waals surface area contributed by atoms with Gasteiger partial charge in [-0.25, -0.2) is 4.98 Å². The van der Waals surface area contributed by atoms with E-state index in [1.54, 1.807) is 0 Å². The Morgan fingerprint density at radius 1 is 1.12 bits per heavy atom. The van der Waals surface area contributed by atoms with Crippen molar-refractivity contribution in [3.8, 4) is 11.3 Å². The fraction of sp³-hybridized carbons (Fsp3) is 0.158. The summed E-state index contributed by atoms with van der Waals surface area (Å²) in [5.74, 6) is 0.443. The lowest BCUT2D eigenvalue weighted by Crippen LogP contribution is -2.14. The Labute approximate surface area is 149 Å². The fourth-order valence-corrected chi connectivity index (χ4v) is 3.68. The molecule has 24 heavy (non-hydrogen) atoms. The highest BCUT2D eigenvalue weighted by atomic mass is 35.5. The minimum Gasteiger partial charge on any atom is -0.302 e. The maximum absolute atomic E-state index is 12.4. The molecule has 2 aromatic carbocycles. The number of aromatic nitrogens is 1. The second kappa shape index (κ2) is 6.38. The van der Waals surface area contributed by atoms with Crippen molar-refractivity contribution in [2.75, 3.05) is 5.32 Å². The summed E-state index contributed by atoms with van der Waals surface area (Å²) in [7, 11) is 0. The lowest BCUT2D eigenvalue weighted by atomic mass is 10.1. The van der Waals surface area contributed by atoms with Gasteiger partial charge in [0.1, 0.15) is 0 Å². The first kappa shape index (κ1) is 15.4. The summed E-state index contributed by atoms with van der Waals surface area (Å²) in [4.78, 5) is 16.9. The van der Waals surface area contributed by atoms with Crippen molar-refractivity contribution in [3.63, 3.8) is 0 Å². The van der Waals surface area contributed by atoms with Crippen LogP contribution >= 0.6 is 22.9 Å². The number of thiazole rings is 1. The Kier molecular flexibility index (Phi) is 4.08. The summed E-state index contributed by atoms with van der Waals surface area (Å²) in [5, 5.41) is 6.23. The summed E-state index contributed by atoms with van der Waals surface area (Å²) >= 11 is 7.35. The Bertz CT molecular complexity index is 861. The number of carbonyl (C=O) groups is 1. The van der Waals surface area contributed by atoms with Crippen molar-refractivity contribution < 1.29 is 4.79 Å². The predicted molar refractivity (Wildman–Crippen MR) is 98.5 cm³/mol. The van der Waals surface area contributed by atoms with Gasteiger partial charge in [0.15, 0.2) is 5.13 Å². The second-order valence-corrected chi connectivity index (χ2v) is 7.19. The first-order chi connectivity index (χ1) is 11.7. The van der Waals surface area contributed by atoms with Gasteiger partial charge in [0, 0.05) is 21.9 Å². The van der Waals surface area contributed by atoms with Crippen LogP contribution in [0.15, 0.2) is 60.0 Å². The van der Waals surface area contributed by atoms with E-state index in [-0.39, 0.29) is 11.8 Å². The zero-order valence-electron chi connectivity index (χ0n) is 12.8.